The molecule has 76 valence electrons. The Morgan fingerprint density at radius 2 is 2.07 bits per heavy atom. The first-order chi connectivity index (χ1) is 6.43. The number of nitrogens with one attached hydrogen (secondary N) is 1. The average Bonchev–Trinajstić information content (AvgIpc) is 2.02. The maximum Gasteiger partial charge on any atom is 0.347 e. The quantitative estimate of drug-likeness (QED) is 0.600. The fourth-order valence-corrected chi connectivity index (χ4v) is 0.911. The highest BCUT2D eigenvalue weighted by molar-refractivity contribution is 5.86. The first kappa shape index (κ1) is 10.0. The summed E-state index contributed by atoms with van der Waals surface area (Å²) in [6.45, 7) is 0. The zero-order valence-corrected chi connectivity index (χ0v) is 7.64. The minimum absolute atomic E-state index is 0.474. The molecule has 0 atom stereocenters. The summed E-state index contributed by atoms with van der Waals surface area (Å²) in [5.74, 6) is -1.37. The Kier molecular flexibility index (Phi) is 2.41. The Balaban J connectivity index is 3.51. The van der Waals surface area contributed by atoms with Crippen molar-refractivity contribution in [2.24, 2.45) is 0 Å². The lowest BCUT2D eigenvalue weighted by atomic mass is 10.3. The van der Waals surface area contributed by atoms with E-state index in [9.17, 15) is 14.4 Å². The van der Waals surface area contributed by atoms with Crippen LogP contribution in [0.2, 0.25) is 0 Å². The van der Waals surface area contributed by atoms with Gasteiger partial charge in [-0.25, -0.2) is 14.3 Å². The number of hydrogen-bond acceptors (Lipinski definition) is 4. The van der Waals surface area contributed by atoms with Gasteiger partial charge in [-0.3, -0.25) is 9.78 Å². The molecule has 2 N–H and O–H groups in total. The molecule has 0 aliphatic heterocycles. The van der Waals surface area contributed by atoms with Crippen molar-refractivity contribution in [2.45, 2.75) is 0 Å². The second-order valence-corrected chi connectivity index (χ2v) is 2.80. The second-order valence-electron chi connectivity index (χ2n) is 2.80. The number of hydrogen-bond donors (Lipinski definition) is 2. The third-order valence-corrected chi connectivity index (χ3v) is 1.59. The van der Waals surface area contributed by atoms with Gasteiger partial charge in [0.15, 0.2) is 0 Å². The van der Waals surface area contributed by atoms with E-state index in [1.807, 2.05) is 4.98 Å². The molecule has 0 aliphatic carbocycles. The SMILES string of the molecule is CN(C)n1cc(C(=O)O)c(=O)[nH]c1=O. The number of aromatic amines is 1. The Bertz CT molecular complexity index is 471. The van der Waals surface area contributed by atoms with Gasteiger partial charge in [0.25, 0.3) is 5.56 Å². The van der Waals surface area contributed by atoms with Crippen LogP contribution < -0.4 is 16.3 Å². The van der Waals surface area contributed by atoms with E-state index in [1.165, 1.54) is 5.01 Å². The molecule has 7 nitrogen and oxygen atoms in total. The number of carboxylic acid groups (broad SMARTS) is 1. The van der Waals surface area contributed by atoms with Crippen LogP contribution in [0.5, 0.6) is 0 Å². The lowest BCUT2D eigenvalue weighted by Crippen LogP contribution is -2.41. The third kappa shape index (κ3) is 1.65. The van der Waals surface area contributed by atoms with Gasteiger partial charge in [-0.1, -0.05) is 0 Å². The highest BCUT2D eigenvalue weighted by Gasteiger charge is 2.11. The van der Waals surface area contributed by atoms with E-state index < -0.39 is 22.8 Å². The Labute approximate surface area is 78.2 Å². The third-order valence-electron chi connectivity index (χ3n) is 1.59. The number of H-pyrrole nitrogens is 1. The number of carboxylic acids is 1. The van der Waals surface area contributed by atoms with Crippen molar-refractivity contribution in [1.82, 2.24) is 9.66 Å². The van der Waals surface area contributed by atoms with Crippen molar-refractivity contribution < 1.29 is 9.90 Å². The van der Waals surface area contributed by atoms with Crippen LogP contribution in [0.1, 0.15) is 10.4 Å². The van der Waals surface area contributed by atoms with Gasteiger partial charge in [-0.05, 0) is 0 Å². The van der Waals surface area contributed by atoms with Crippen molar-refractivity contribution in [3.05, 3.63) is 32.6 Å². The number of nitrogens with zero attached hydrogens (tertiary/aromatic N) is 2. The van der Waals surface area contributed by atoms with Gasteiger partial charge in [0.05, 0.1) is 6.20 Å². The van der Waals surface area contributed by atoms with E-state index in [4.69, 9.17) is 5.11 Å². The Hall–Kier alpha value is -2.05. The lowest BCUT2D eigenvalue weighted by molar-refractivity contribution is 0.0693. The number of rotatable bonds is 2. The summed E-state index contributed by atoms with van der Waals surface area (Å²) in [6, 6.07) is 0. The molecule has 1 rings (SSSR count). The molecule has 0 radical (unpaired) electrons. The number of aromatic carboxylic acids is 1. The molecule has 0 bridgehead atoms. The van der Waals surface area contributed by atoms with Crippen molar-refractivity contribution >= 4 is 5.97 Å². The van der Waals surface area contributed by atoms with Gasteiger partial charge in [-0.15, -0.1) is 0 Å². The first-order valence-corrected chi connectivity index (χ1v) is 3.70. The molecular formula is C7H9N3O4. The molecular weight excluding hydrogens is 190 g/mol. The normalized spacial score (nSPS) is 9.86. The van der Waals surface area contributed by atoms with Crippen molar-refractivity contribution in [1.29, 1.82) is 0 Å². The van der Waals surface area contributed by atoms with Gasteiger partial charge in [0.2, 0.25) is 0 Å². The molecule has 1 aromatic heterocycles. The fraction of sp³-hybridized carbons (Fsp3) is 0.286. The van der Waals surface area contributed by atoms with Crippen LogP contribution in [0.25, 0.3) is 0 Å². The van der Waals surface area contributed by atoms with E-state index >= 15 is 0 Å². The minimum Gasteiger partial charge on any atom is -0.477 e. The molecule has 0 amide bonds. The molecule has 1 aromatic rings. The molecule has 0 saturated carbocycles. The highest BCUT2D eigenvalue weighted by atomic mass is 16.4. The van der Waals surface area contributed by atoms with Gasteiger partial charge in [-0.2, -0.15) is 0 Å². The van der Waals surface area contributed by atoms with Crippen LogP contribution in [0.4, 0.5) is 0 Å². The molecule has 0 aliphatic rings. The van der Waals surface area contributed by atoms with Crippen LogP contribution in [-0.2, 0) is 0 Å². The lowest BCUT2D eigenvalue weighted by Gasteiger charge is -2.14. The van der Waals surface area contributed by atoms with E-state index in [-0.39, 0.29) is 0 Å². The molecule has 0 aromatic carbocycles. The van der Waals surface area contributed by atoms with Gasteiger partial charge < -0.3 is 10.1 Å². The summed E-state index contributed by atoms with van der Waals surface area (Å²) in [5.41, 5.74) is -2.05. The molecule has 0 saturated heterocycles. The number of aromatic nitrogens is 2. The van der Waals surface area contributed by atoms with E-state index in [1.54, 1.807) is 14.1 Å². The standard InChI is InChI=1S/C7H9N3O4/c1-9(2)10-3-4(6(12)13)5(11)8-7(10)14/h3H,1-2H3,(H,12,13)(H,8,11,14). The molecule has 1 heterocycles. The highest BCUT2D eigenvalue weighted by Crippen LogP contribution is 1.86. The van der Waals surface area contributed by atoms with E-state index in [0.29, 0.717) is 0 Å². The molecule has 14 heavy (non-hydrogen) atoms. The largest absolute Gasteiger partial charge is 0.477 e. The zero-order valence-electron chi connectivity index (χ0n) is 7.64. The molecule has 0 unspecified atom stereocenters. The maximum absolute atomic E-state index is 11.1. The second kappa shape index (κ2) is 3.36. The van der Waals surface area contributed by atoms with Crippen LogP contribution in [0.15, 0.2) is 15.8 Å². The topological polar surface area (TPSA) is 95.4 Å². The predicted molar refractivity (Wildman–Crippen MR) is 48.3 cm³/mol. The van der Waals surface area contributed by atoms with Gasteiger partial charge in [0, 0.05) is 14.1 Å². The fourth-order valence-electron chi connectivity index (χ4n) is 0.911. The van der Waals surface area contributed by atoms with E-state index in [0.717, 1.165) is 10.9 Å². The van der Waals surface area contributed by atoms with Crippen LogP contribution >= 0.6 is 0 Å². The van der Waals surface area contributed by atoms with Crippen molar-refractivity contribution in [3.63, 3.8) is 0 Å². The molecule has 0 fully saturated rings. The number of carbonyl (C=O) groups is 1. The maximum atomic E-state index is 11.1. The van der Waals surface area contributed by atoms with Crippen molar-refractivity contribution in [2.75, 3.05) is 19.1 Å². The smallest absolute Gasteiger partial charge is 0.347 e. The van der Waals surface area contributed by atoms with Gasteiger partial charge in [0.1, 0.15) is 5.56 Å². The molecule has 7 heteroatoms. The monoisotopic (exact) mass is 199 g/mol. The average molecular weight is 199 g/mol. The van der Waals surface area contributed by atoms with Crippen LogP contribution in [-0.4, -0.2) is 34.8 Å². The summed E-state index contributed by atoms with van der Waals surface area (Å²) in [6.07, 6.45) is 0.976. The van der Waals surface area contributed by atoms with Gasteiger partial charge >= 0.3 is 11.7 Å². The summed E-state index contributed by atoms with van der Waals surface area (Å²) in [5, 5.41) is 9.96. The van der Waals surface area contributed by atoms with Crippen LogP contribution in [0.3, 0.4) is 0 Å². The zero-order chi connectivity index (χ0) is 10.9. The van der Waals surface area contributed by atoms with Crippen LogP contribution in [0, 0.1) is 0 Å². The van der Waals surface area contributed by atoms with E-state index in [2.05, 4.69) is 0 Å². The summed E-state index contributed by atoms with van der Waals surface area (Å²) < 4.78 is 0.991. The molecule has 0 spiro atoms. The predicted octanol–water partition coefficient (Wildman–Crippen LogP) is -1.57. The Morgan fingerprint density at radius 1 is 1.50 bits per heavy atom. The Morgan fingerprint density at radius 3 is 2.50 bits per heavy atom. The summed E-state index contributed by atoms with van der Waals surface area (Å²) in [7, 11) is 3.09. The summed E-state index contributed by atoms with van der Waals surface area (Å²) in [4.78, 5) is 34.6. The van der Waals surface area contributed by atoms with Crippen molar-refractivity contribution in [3.8, 4) is 0 Å². The summed E-state index contributed by atoms with van der Waals surface area (Å²) >= 11 is 0. The first-order valence-electron chi connectivity index (χ1n) is 3.70. The minimum atomic E-state index is -1.37.